The number of rotatable bonds is 8. The minimum atomic E-state index is -5.11. The van der Waals surface area contributed by atoms with E-state index in [4.69, 9.17) is 23.2 Å². The number of aliphatic hydroxyl groups is 1. The number of carbonyl (C=O) groups is 1. The molecule has 3 rings (SSSR count). The lowest BCUT2D eigenvalue weighted by molar-refractivity contribution is -0.342. The highest BCUT2D eigenvalue weighted by molar-refractivity contribution is 7.92. The summed E-state index contributed by atoms with van der Waals surface area (Å²) in [5.74, 6) is -1.86. The fourth-order valence-electron chi connectivity index (χ4n) is 3.68. The second-order valence-electron chi connectivity index (χ2n) is 7.93. The van der Waals surface area contributed by atoms with E-state index in [9.17, 15) is 31.5 Å². The summed E-state index contributed by atoms with van der Waals surface area (Å²) in [6, 6.07) is 13.6. The summed E-state index contributed by atoms with van der Waals surface area (Å²) in [5, 5.41) is 9.63. The van der Waals surface area contributed by atoms with Crippen molar-refractivity contribution >= 4 is 50.4 Å². The summed E-state index contributed by atoms with van der Waals surface area (Å²) in [7, 11) is -3.51. The average Bonchev–Trinajstić information content (AvgIpc) is 2.73. The molecule has 7 nitrogen and oxygen atoms in total. The van der Waals surface area contributed by atoms with Crippen LogP contribution in [0.1, 0.15) is 23.5 Å². The van der Waals surface area contributed by atoms with Gasteiger partial charge in [0.1, 0.15) is 0 Å². The summed E-state index contributed by atoms with van der Waals surface area (Å²) in [4.78, 5) is 12.9. The van der Waals surface area contributed by atoms with Crippen molar-refractivity contribution in [3.8, 4) is 0 Å². The van der Waals surface area contributed by atoms with Crippen LogP contribution in [0, 0.1) is 0 Å². The molecule has 2 aromatic rings. The number of allylic oxidation sites excluding steroid dienone is 2. The smallest absolute Gasteiger partial charge is 0.395 e. The zero-order valence-corrected chi connectivity index (χ0v) is 21.0. The molecular formula is C23H21Cl2F3N2O5S. The molecule has 3 N–H and O–H groups in total. The fourth-order valence-corrected chi connectivity index (χ4v) is 5.13. The van der Waals surface area contributed by atoms with Crippen molar-refractivity contribution in [3.05, 3.63) is 82.5 Å². The summed E-state index contributed by atoms with van der Waals surface area (Å²) in [6.07, 6.45) is -3.45. The molecule has 0 saturated carbocycles. The lowest BCUT2D eigenvalue weighted by Crippen LogP contribution is -2.40. The van der Waals surface area contributed by atoms with Crippen molar-refractivity contribution in [1.29, 1.82) is 0 Å². The van der Waals surface area contributed by atoms with Gasteiger partial charge in [0, 0.05) is 23.4 Å². The third kappa shape index (κ3) is 7.23. The Morgan fingerprint density at radius 2 is 1.78 bits per heavy atom. The first kappa shape index (κ1) is 28.0. The van der Waals surface area contributed by atoms with Gasteiger partial charge in [0.2, 0.25) is 15.9 Å². The van der Waals surface area contributed by atoms with Crippen LogP contribution in [0.15, 0.2) is 71.4 Å². The predicted molar refractivity (Wildman–Crippen MR) is 131 cm³/mol. The molecule has 1 amide bonds. The summed E-state index contributed by atoms with van der Waals surface area (Å²) in [5.41, 5.74) is 0.710. The quantitative estimate of drug-likeness (QED) is 0.404. The van der Waals surface area contributed by atoms with Crippen LogP contribution in [0.25, 0.3) is 5.57 Å². The molecule has 0 spiro atoms. The standard InChI is InChI=1S/C23H21Cl2F3N2O5S/c1-36(33,34)30-16-9-7-14(8-10-16)18(13-31)21(32)29-17-11-19(24)20(15-5-3-2-4-6-15)22(25,12-17)35-23(26,27)28/h2-11,18,30-31H,12-13H2,1H3,(H,29,32). The molecule has 0 aromatic heterocycles. The number of hydrogen-bond donors (Lipinski definition) is 3. The molecule has 36 heavy (non-hydrogen) atoms. The van der Waals surface area contributed by atoms with E-state index in [0.29, 0.717) is 11.1 Å². The van der Waals surface area contributed by atoms with E-state index in [2.05, 4.69) is 14.8 Å². The highest BCUT2D eigenvalue weighted by Crippen LogP contribution is 2.48. The Kier molecular flexibility index (Phi) is 8.41. The first-order chi connectivity index (χ1) is 16.7. The molecular weight excluding hydrogens is 544 g/mol. The molecule has 0 radical (unpaired) electrons. The minimum absolute atomic E-state index is 0.0576. The Labute approximate surface area is 215 Å². The van der Waals surface area contributed by atoms with Crippen molar-refractivity contribution in [3.63, 3.8) is 0 Å². The van der Waals surface area contributed by atoms with Gasteiger partial charge < -0.3 is 10.4 Å². The van der Waals surface area contributed by atoms with Crippen molar-refractivity contribution in [2.24, 2.45) is 0 Å². The molecule has 194 valence electrons. The van der Waals surface area contributed by atoms with Gasteiger partial charge in [-0.15, -0.1) is 13.2 Å². The largest absolute Gasteiger partial charge is 0.524 e. The third-order valence-corrected chi connectivity index (χ3v) is 6.37. The maximum absolute atomic E-state index is 13.3. The Balaban J connectivity index is 1.89. The van der Waals surface area contributed by atoms with Crippen LogP contribution in [0.5, 0.6) is 0 Å². The Morgan fingerprint density at radius 1 is 1.17 bits per heavy atom. The second-order valence-corrected chi connectivity index (χ2v) is 10.7. The SMILES string of the molecule is CS(=O)(=O)Nc1ccc(C(CO)C(=O)NC2=CC(Cl)=C(c3ccccc3)C(Cl)(OC(F)(F)F)C2)cc1. The highest BCUT2D eigenvalue weighted by atomic mass is 35.5. The molecule has 0 bridgehead atoms. The van der Waals surface area contributed by atoms with E-state index in [-0.39, 0.29) is 22.0 Å². The number of benzene rings is 2. The Hall–Kier alpha value is -2.57. The molecule has 0 saturated heterocycles. The van der Waals surface area contributed by atoms with Gasteiger partial charge in [-0.05, 0) is 29.3 Å². The monoisotopic (exact) mass is 564 g/mol. The molecule has 0 heterocycles. The van der Waals surface area contributed by atoms with Gasteiger partial charge in [0.15, 0.2) is 5.06 Å². The van der Waals surface area contributed by atoms with Crippen LogP contribution in [-0.2, 0) is 19.6 Å². The van der Waals surface area contributed by atoms with Crippen molar-refractivity contribution in [2.75, 3.05) is 17.6 Å². The molecule has 0 fully saturated rings. The number of alkyl halides is 4. The van der Waals surface area contributed by atoms with Crippen LogP contribution in [-0.4, -0.2) is 43.7 Å². The number of nitrogens with one attached hydrogen (secondary N) is 2. The van der Waals surface area contributed by atoms with Crippen LogP contribution in [0.2, 0.25) is 0 Å². The summed E-state index contributed by atoms with van der Waals surface area (Å²) < 4.78 is 69.1. The molecule has 2 aromatic carbocycles. The van der Waals surface area contributed by atoms with Crippen LogP contribution in [0.3, 0.4) is 0 Å². The van der Waals surface area contributed by atoms with E-state index in [1.165, 1.54) is 42.5 Å². The number of aliphatic hydroxyl groups excluding tert-OH is 1. The zero-order valence-electron chi connectivity index (χ0n) is 18.6. The number of carbonyl (C=O) groups excluding carboxylic acids is 1. The highest BCUT2D eigenvalue weighted by Gasteiger charge is 2.48. The summed E-state index contributed by atoms with van der Waals surface area (Å²) in [6.45, 7) is -0.637. The van der Waals surface area contributed by atoms with Gasteiger partial charge in [0.25, 0.3) is 0 Å². The maximum Gasteiger partial charge on any atom is 0.524 e. The molecule has 13 heteroatoms. The van der Waals surface area contributed by atoms with Crippen molar-refractivity contribution in [1.82, 2.24) is 5.32 Å². The first-order valence-corrected chi connectivity index (χ1v) is 13.0. The zero-order chi connectivity index (χ0) is 26.7. The van der Waals surface area contributed by atoms with Crippen molar-refractivity contribution < 1.29 is 36.2 Å². The lowest BCUT2D eigenvalue weighted by atomic mass is 9.91. The van der Waals surface area contributed by atoms with E-state index in [0.717, 1.165) is 6.26 Å². The number of sulfonamides is 1. The molecule has 0 aliphatic heterocycles. The first-order valence-electron chi connectivity index (χ1n) is 10.3. The molecule has 1 aliphatic rings. The van der Waals surface area contributed by atoms with Gasteiger partial charge in [-0.1, -0.05) is 65.7 Å². The lowest BCUT2D eigenvalue weighted by Gasteiger charge is -2.35. The predicted octanol–water partition coefficient (Wildman–Crippen LogP) is 4.66. The van der Waals surface area contributed by atoms with E-state index in [1.54, 1.807) is 18.2 Å². The van der Waals surface area contributed by atoms with E-state index < -0.39 is 46.3 Å². The van der Waals surface area contributed by atoms with Gasteiger partial charge in [-0.2, -0.15) is 0 Å². The summed E-state index contributed by atoms with van der Waals surface area (Å²) >= 11 is 12.7. The van der Waals surface area contributed by atoms with Gasteiger partial charge >= 0.3 is 6.36 Å². The maximum atomic E-state index is 13.3. The van der Waals surface area contributed by atoms with Gasteiger partial charge in [-0.25, -0.2) is 8.42 Å². The number of ether oxygens (including phenoxy) is 1. The van der Waals surface area contributed by atoms with Crippen LogP contribution >= 0.6 is 23.2 Å². The fraction of sp³-hybridized carbons (Fsp3) is 0.261. The van der Waals surface area contributed by atoms with Crippen LogP contribution in [0.4, 0.5) is 18.9 Å². The molecule has 2 unspecified atom stereocenters. The topological polar surface area (TPSA) is 105 Å². The third-order valence-electron chi connectivity index (χ3n) is 5.07. The second kappa shape index (κ2) is 10.8. The normalized spacial score (nSPS) is 19.5. The number of halogens is 5. The van der Waals surface area contributed by atoms with Gasteiger partial charge in [-0.3, -0.25) is 14.3 Å². The molecule has 1 aliphatic carbocycles. The molecule has 2 atom stereocenters. The Morgan fingerprint density at radius 3 is 2.31 bits per heavy atom. The Bertz CT molecular complexity index is 1280. The number of amides is 1. The van der Waals surface area contributed by atoms with E-state index in [1.807, 2.05) is 0 Å². The number of anilines is 1. The minimum Gasteiger partial charge on any atom is -0.395 e. The average molecular weight is 565 g/mol. The van der Waals surface area contributed by atoms with Crippen LogP contribution < -0.4 is 10.0 Å². The van der Waals surface area contributed by atoms with Gasteiger partial charge in [0.05, 0.1) is 23.8 Å². The van der Waals surface area contributed by atoms with E-state index >= 15 is 0 Å². The number of hydrogen-bond acceptors (Lipinski definition) is 5. The van der Waals surface area contributed by atoms with Crippen molar-refractivity contribution in [2.45, 2.75) is 23.8 Å².